The van der Waals surface area contributed by atoms with Crippen molar-refractivity contribution in [2.75, 3.05) is 0 Å². The van der Waals surface area contributed by atoms with E-state index in [-0.39, 0.29) is 12.5 Å². The van der Waals surface area contributed by atoms with E-state index < -0.39 is 13.6 Å². The second kappa shape index (κ2) is 3.36. The Morgan fingerprint density at radius 2 is 2.00 bits per heavy atom. The zero-order valence-corrected chi connectivity index (χ0v) is 5.56. The highest BCUT2D eigenvalue weighted by atomic mass is 31.2. The molecule has 0 aromatic rings. The van der Waals surface area contributed by atoms with Crippen LogP contribution in [0.1, 0.15) is 0 Å². The van der Waals surface area contributed by atoms with E-state index in [0.29, 0.717) is 0 Å². The van der Waals surface area contributed by atoms with Crippen LogP contribution in [0, 0.1) is 0 Å². The zero-order chi connectivity index (χ0) is 8.20. The molecule has 0 aliphatic heterocycles. The van der Waals surface area contributed by atoms with Crippen LogP contribution in [-0.2, 0) is 13.9 Å². The van der Waals surface area contributed by atoms with E-state index in [4.69, 9.17) is 14.9 Å². The van der Waals surface area contributed by atoms with Crippen molar-refractivity contribution in [2.24, 2.45) is 0 Å². The molecule has 0 amide bonds. The fraction of sp³-hybridized carbons (Fsp3) is 0. The minimum absolute atomic E-state index is 0.0287. The molecule has 0 bridgehead atoms. The van der Waals surface area contributed by atoms with Gasteiger partial charge in [-0.2, -0.15) is 0 Å². The Morgan fingerprint density at radius 1 is 1.50 bits per heavy atom. The summed E-state index contributed by atoms with van der Waals surface area (Å²) in [6.07, 6.45) is 0.130. The average Bonchev–Trinajstić information content (AvgIpc) is 1.81. The molecule has 0 rings (SSSR count). The number of aldehydes is 1. The topological polar surface area (TPSA) is 104 Å². The van der Waals surface area contributed by atoms with Crippen molar-refractivity contribution in [1.29, 1.82) is 0 Å². The van der Waals surface area contributed by atoms with Gasteiger partial charge in [0.05, 0.1) is 0 Å². The number of hydrogen-bond donors (Lipinski definition) is 3. The Morgan fingerprint density at radius 3 is 2.10 bits per heavy atom. The van der Waals surface area contributed by atoms with Crippen molar-refractivity contribution in [3.8, 4) is 0 Å². The van der Waals surface area contributed by atoms with E-state index in [0.717, 1.165) is 0 Å². The molecule has 0 fully saturated rings. The van der Waals surface area contributed by atoms with Crippen molar-refractivity contribution in [3.63, 3.8) is 0 Å². The summed E-state index contributed by atoms with van der Waals surface area (Å²) in [5.74, 6) is -0.812. The van der Waals surface area contributed by atoms with Gasteiger partial charge in [-0.25, -0.2) is 4.57 Å². The van der Waals surface area contributed by atoms with E-state index in [9.17, 15) is 9.36 Å². The first-order chi connectivity index (χ1) is 4.49. The van der Waals surface area contributed by atoms with Gasteiger partial charge in [0.15, 0.2) is 6.29 Å². The Hall–Kier alpha value is -0.840. The second-order valence-corrected chi connectivity index (χ2v) is 2.39. The Labute approximate surface area is 56.0 Å². The van der Waals surface area contributed by atoms with Crippen LogP contribution >= 0.6 is 7.82 Å². The smallest absolute Gasteiger partial charge is 0.512 e. The summed E-state index contributed by atoms with van der Waals surface area (Å²) in [5, 5.41) is 8.03. The Bertz CT molecular complexity index is 189. The van der Waals surface area contributed by atoms with E-state index in [2.05, 4.69) is 4.52 Å². The molecule has 6 nitrogen and oxygen atoms in total. The summed E-state index contributed by atoms with van der Waals surface area (Å²) in [4.78, 5) is 25.8. The van der Waals surface area contributed by atoms with Crippen LogP contribution in [0.15, 0.2) is 12.0 Å². The maximum absolute atomic E-state index is 9.92. The molecule has 10 heavy (non-hydrogen) atoms. The molecule has 0 aliphatic rings. The van der Waals surface area contributed by atoms with Gasteiger partial charge in [0, 0.05) is 0 Å². The fourth-order valence-electron chi connectivity index (χ4n) is 0.213. The maximum Gasteiger partial charge on any atom is 0.525 e. The molecule has 58 valence electrons. The molecule has 0 saturated carbocycles. The summed E-state index contributed by atoms with van der Waals surface area (Å²) < 4.78 is 13.6. The molecule has 0 spiro atoms. The normalized spacial score (nSPS) is 12.8. The van der Waals surface area contributed by atoms with Crippen LogP contribution in [0.3, 0.4) is 0 Å². The summed E-state index contributed by atoms with van der Waals surface area (Å²) in [5.41, 5.74) is 0. The van der Waals surface area contributed by atoms with E-state index in [1.54, 1.807) is 0 Å². The van der Waals surface area contributed by atoms with Gasteiger partial charge in [0.1, 0.15) is 6.26 Å². The van der Waals surface area contributed by atoms with Gasteiger partial charge in [-0.15, -0.1) is 0 Å². The minimum Gasteiger partial charge on any atom is -0.512 e. The molecular weight excluding hydrogens is 163 g/mol. The first kappa shape index (κ1) is 9.16. The van der Waals surface area contributed by atoms with Crippen LogP contribution in [0.2, 0.25) is 0 Å². The monoisotopic (exact) mass is 168 g/mol. The predicted molar refractivity (Wildman–Crippen MR) is 29.9 cm³/mol. The fourth-order valence-corrected chi connectivity index (χ4v) is 0.578. The van der Waals surface area contributed by atoms with Crippen LogP contribution in [0.4, 0.5) is 0 Å². The van der Waals surface area contributed by atoms with Crippen LogP contribution < -0.4 is 0 Å². The Balaban J connectivity index is 4.15. The van der Waals surface area contributed by atoms with Gasteiger partial charge in [0.25, 0.3) is 0 Å². The lowest BCUT2D eigenvalue weighted by Gasteiger charge is -2.02. The number of carbonyl (C=O) groups excluding carboxylic acids is 1. The van der Waals surface area contributed by atoms with E-state index >= 15 is 0 Å². The number of rotatable bonds is 3. The number of aliphatic hydroxyl groups is 1. The highest BCUT2D eigenvalue weighted by Gasteiger charge is 2.16. The molecular formula is C3H5O6P. The van der Waals surface area contributed by atoms with Crippen molar-refractivity contribution >= 4 is 14.1 Å². The van der Waals surface area contributed by atoms with Crippen LogP contribution in [-0.4, -0.2) is 21.2 Å². The van der Waals surface area contributed by atoms with Gasteiger partial charge in [0.2, 0.25) is 5.76 Å². The standard InChI is InChI=1S/C3H5O6P/c4-1-3(2-5)9-10(6,7)8/h1-2,4H,(H2,6,7,8). The lowest BCUT2D eigenvalue weighted by atomic mass is 10.6. The van der Waals surface area contributed by atoms with Crippen molar-refractivity contribution in [3.05, 3.63) is 12.0 Å². The summed E-state index contributed by atoms with van der Waals surface area (Å²) in [7, 11) is -4.71. The number of hydrogen-bond acceptors (Lipinski definition) is 4. The van der Waals surface area contributed by atoms with Gasteiger partial charge < -0.3 is 9.63 Å². The largest absolute Gasteiger partial charge is 0.525 e. The highest BCUT2D eigenvalue weighted by Crippen LogP contribution is 2.38. The lowest BCUT2D eigenvalue weighted by Crippen LogP contribution is -1.90. The minimum atomic E-state index is -4.71. The molecule has 0 saturated heterocycles. The van der Waals surface area contributed by atoms with Crippen molar-refractivity contribution in [1.82, 2.24) is 0 Å². The number of phosphoric ester groups is 1. The summed E-state index contributed by atoms with van der Waals surface area (Å²) in [6.45, 7) is 0. The molecule has 0 atom stereocenters. The first-order valence-electron chi connectivity index (χ1n) is 2.04. The van der Waals surface area contributed by atoms with E-state index in [1.807, 2.05) is 0 Å². The summed E-state index contributed by atoms with van der Waals surface area (Å²) in [6, 6.07) is 0. The first-order valence-corrected chi connectivity index (χ1v) is 3.57. The lowest BCUT2D eigenvalue weighted by molar-refractivity contribution is -0.107. The molecule has 7 heteroatoms. The van der Waals surface area contributed by atoms with Gasteiger partial charge in [-0.05, 0) is 0 Å². The molecule has 0 radical (unpaired) electrons. The molecule has 0 aliphatic carbocycles. The van der Waals surface area contributed by atoms with Crippen molar-refractivity contribution < 1.29 is 28.8 Å². The van der Waals surface area contributed by atoms with Crippen molar-refractivity contribution in [2.45, 2.75) is 0 Å². The zero-order valence-electron chi connectivity index (χ0n) is 4.67. The molecule has 3 N–H and O–H groups in total. The highest BCUT2D eigenvalue weighted by molar-refractivity contribution is 7.46. The number of aliphatic hydroxyl groups excluding tert-OH is 1. The van der Waals surface area contributed by atoms with Gasteiger partial charge in [-0.3, -0.25) is 14.6 Å². The molecule has 0 aromatic carbocycles. The maximum atomic E-state index is 9.92. The second-order valence-electron chi connectivity index (χ2n) is 1.23. The van der Waals surface area contributed by atoms with E-state index in [1.165, 1.54) is 0 Å². The van der Waals surface area contributed by atoms with Crippen LogP contribution in [0.5, 0.6) is 0 Å². The molecule has 0 heterocycles. The Kier molecular flexibility index (Phi) is 3.08. The third kappa shape index (κ3) is 4.08. The predicted octanol–water partition coefficient (Wildman–Crippen LogP) is -0.306. The number of allylic oxidation sites excluding steroid dienone is 1. The average molecular weight is 168 g/mol. The molecule has 0 aromatic heterocycles. The number of carbonyl (C=O) groups is 1. The summed E-state index contributed by atoms with van der Waals surface area (Å²) >= 11 is 0. The molecule has 0 unspecified atom stereocenters. The van der Waals surface area contributed by atoms with Crippen LogP contribution in [0.25, 0.3) is 0 Å². The third-order valence-corrected chi connectivity index (χ3v) is 0.916. The third-order valence-electron chi connectivity index (χ3n) is 0.468. The van der Waals surface area contributed by atoms with Gasteiger partial charge in [-0.1, -0.05) is 0 Å². The SMILES string of the molecule is O=CC(=CO)OP(=O)(O)O. The number of phosphoric acid groups is 1. The quantitative estimate of drug-likeness (QED) is 0.231. The van der Waals surface area contributed by atoms with Gasteiger partial charge >= 0.3 is 7.82 Å².